The first-order valence-electron chi connectivity index (χ1n) is 7.62. The van der Waals surface area contributed by atoms with Crippen LogP contribution < -0.4 is 0 Å². The van der Waals surface area contributed by atoms with Crippen molar-refractivity contribution in [3.05, 3.63) is 35.4 Å². The molecular formula is C16H20F2N2O2S. The Labute approximate surface area is 138 Å². The van der Waals surface area contributed by atoms with E-state index in [0.717, 1.165) is 23.6 Å². The Morgan fingerprint density at radius 1 is 1.13 bits per heavy atom. The fraction of sp³-hybridized carbons (Fsp3) is 0.500. The van der Waals surface area contributed by atoms with E-state index in [0.29, 0.717) is 38.7 Å². The van der Waals surface area contributed by atoms with Crippen LogP contribution in [0.15, 0.2) is 18.2 Å². The first kappa shape index (κ1) is 17.7. The summed E-state index contributed by atoms with van der Waals surface area (Å²) in [6.07, 6.45) is 0.499. The Morgan fingerprint density at radius 3 is 2.39 bits per heavy atom. The van der Waals surface area contributed by atoms with Gasteiger partial charge in [0.2, 0.25) is 5.91 Å². The molecule has 0 radical (unpaired) electrons. The van der Waals surface area contributed by atoms with E-state index in [1.165, 1.54) is 4.90 Å². The van der Waals surface area contributed by atoms with Gasteiger partial charge in [0.1, 0.15) is 11.6 Å². The van der Waals surface area contributed by atoms with E-state index in [-0.39, 0.29) is 11.5 Å². The van der Waals surface area contributed by atoms with Gasteiger partial charge in [-0.2, -0.15) is 11.8 Å². The zero-order chi connectivity index (χ0) is 16.8. The van der Waals surface area contributed by atoms with Crippen LogP contribution in [-0.2, 0) is 4.79 Å². The third-order valence-electron chi connectivity index (χ3n) is 3.75. The Bertz CT molecular complexity index is 575. The van der Waals surface area contributed by atoms with Crippen LogP contribution in [0.25, 0.3) is 0 Å². The summed E-state index contributed by atoms with van der Waals surface area (Å²) in [6, 6.07) is 2.94. The number of nitrogens with zero attached hydrogens (tertiary/aromatic N) is 2. The zero-order valence-electron chi connectivity index (χ0n) is 13.1. The predicted molar refractivity (Wildman–Crippen MR) is 86.5 cm³/mol. The number of halogens is 2. The minimum Gasteiger partial charge on any atom is -0.339 e. The SMILES string of the molecule is CCSCCC(=O)N1CCN(C(=O)c2ccc(F)cc2F)CC1. The summed E-state index contributed by atoms with van der Waals surface area (Å²) in [4.78, 5) is 27.5. The highest BCUT2D eigenvalue weighted by Gasteiger charge is 2.26. The van der Waals surface area contributed by atoms with E-state index in [4.69, 9.17) is 0 Å². The number of benzene rings is 1. The van der Waals surface area contributed by atoms with Gasteiger partial charge in [-0.15, -0.1) is 0 Å². The molecule has 1 aromatic rings. The van der Waals surface area contributed by atoms with Crippen LogP contribution in [0.2, 0.25) is 0 Å². The standard InChI is InChI=1S/C16H20F2N2O2S/c1-2-23-10-5-15(21)19-6-8-20(9-7-19)16(22)13-4-3-12(17)11-14(13)18/h3-4,11H,2,5-10H2,1H3. The summed E-state index contributed by atoms with van der Waals surface area (Å²) in [7, 11) is 0. The summed E-state index contributed by atoms with van der Waals surface area (Å²) in [5.41, 5.74) is -0.134. The van der Waals surface area contributed by atoms with Crippen LogP contribution >= 0.6 is 11.8 Å². The number of piperazine rings is 1. The molecule has 0 unspecified atom stereocenters. The average molecular weight is 342 g/mol. The number of rotatable bonds is 5. The molecule has 126 valence electrons. The molecule has 7 heteroatoms. The lowest BCUT2D eigenvalue weighted by Crippen LogP contribution is -2.50. The molecule has 23 heavy (non-hydrogen) atoms. The van der Waals surface area contributed by atoms with Crippen molar-refractivity contribution in [2.45, 2.75) is 13.3 Å². The van der Waals surface area contributed by atoms with Crippen LogP contribution in [-0.4, -0.2) is 59.3 Å². The van der Waals surface area contributed by atoms with Gasteiger partial charge in [-0.1, -0.05) is 6.92 Å². The van der Waals surface area contributed by atoms with Crippen molar-refractivity contribution in [2.75, 3.05) is 37.7 Å². The smallest absolute Gasteiger partial charge is 0.256 e. The predicted octanol–water partition coefficient (Wildman–Crippen LogP) is 2.39. The van der Waals surface area contributed by atoms with Crippen molar-refractivity contribution in [1.29, 1.82) is 0 Å². The Hall–Kier alpha value is -1.63. The molecule has 0 bridgehead atoms. The topological polar surface area (TPSA) is 40.6 Å². The van der Waals surface area contributed by atoms with Gasteiger partial charge in [0.25, 0.3) is 5.91 Å². The van der Waals surface area contributed by atoms with Crippen molar-refractivity contribution >= 4 is 23.6 Å². The van der Waals surface area contributed by atoms with Crippen LogP contribution in [0.4, 0.5) is 8.78 Å². The van der Waals surface area contributed by atoms with Gasteiger partial charge in [0, 0.05) is 44.4 Å². The van der Waals surface area contributed by atoms with E-state index in [1.54, 1.807) is 16.7 Å². The first-order chi connectivity index (χ1) is 11.0. The maximum absolute atomic E-state index is 13.7. The van der Waals surface area contributed by atoms with Crippen LogP contribution in [0.1, 0.15) is 23.7 Å². The van der Waals surface area contributed by atoms with E-state index in [9.17, 15) is 18.4 Å². The fourth-order valence-corrected chi connectivity index (χ4v) is 3.06. The van der Waals surface area contributed by atoms with Gasteiger partial charge in [0.15, 0.2) is 0 Å². The first-order valence-corrected chi connectivity index (χ1v) is 8.78. The molecule has 1 aromatic carbocycles. The summed E-state index contributed by atoms with van der Waals surface area (Å²) in [5, 5.41) is 0. The van der Waals surface area contributed by atoms with Crippen molar-refractivity contribution in [3.63, 3.8) is 0 Å². The van der Waals surface area contributed by atoms with Gasteiger partial charge in [0.05, 0.1) is 5.56 Å². The van der Waals surface area contributed by atoms with Crippen LogP contribution in [0.3, 0.4) is 0 Å². The van der Waals surface area contributed by atoms with E-state index in [2.05, 4.69) is 0 Å². The molecule has 1 aliphatic rings. The fourth-order valence-electron chi connectivity index (χ4n) is 2.45. The van der Waals surface area contributed by atoms with Gasteiger partial charge < -0.3 is 9.80 Å². The summed E-state index contributed by atoms with van der Waals surface area (Å²) >= 11 is 1.72. The van der Waals surface area contributed by atoms with Crippen molar-refractivity contribution in [2.24, 2.45) is 0 Å². The Kier molecular flexibility index (Phi) is 6.38. The molecule has 4 nitrogen and oxygen atoms in total. The minimum absolute atomic E-state index is 0.0889. The molecule has 0 aliphatic carbocycles. The molecule has 1 saturated heterocycles. The lowest BCUT2D eigenvalue weighted by molar-refractivity contribution is -0.132. The molecule has 0 N–H and O–H groups in total. The monoisotopic (exact) mass is 342 g/mol. The number of hydrogen-bond donors (Lipinski definition) is 0. The molecule has 2 rings (SSSR count). The third kappa shape index (κ3) is 4.67. The molecule has 0 aromatic heterocycles. The van der Waals surface area contributed by atoms with Gasteiger partial charge in [-0.3, -0.25) is 9.59 Å². The van der Waals surface area contributed by atoms with Crippen molar-refractivity contribution in [1.82, 2.24) is 9.80 Å². The van der Waals surface area contributed by atoms with Gasteiger partial charge in [-0.05, 0) is 17.9 Å². The maximum atomic E-state index is 13.7. The van der Waals surface area contributed by atoms with Crippen molar-refractivity contribution in [3.8, 4) is 0 Å². The molecular weight excluding hydrogens is 322 g/mol. The molecule has 1 heterocycles. The highest BCUT2D eigenvalue weighted by atomic mass is 32.2. The molecule has 0 atom stereocenters. The van der Waals surface area contributed by atoms with E-state index >= 15 is 0 Å². The lowest BCUT2D eigenvalue weighted by Gasteiger charge is -2.35. The quantitative estimate of drug-likeness (QED) is 0.772. The number of hydrogen-bond acceptors (Lipinski definition) is 3. The number of carbonyl (C=O) groups excluding carboxylic acids is 2. The largest absolute Gasteiger partial charge is 0.339 e. The second-order valence-corrected chi connectivity index (χ2v) is 6.64. The van der Waals surface area contributed by atoms with E-state index in [1.807, 2.05) is 6.92 Å². The van der Waals surface area contributed by atoms with Gasteiger partial charge in [-0.25, -0.2) is 8.78 Å². The molecule has 2 amide bonds. The third-order valence-corrected chi connectivity index (χ3v) is 4.65. The summed E-state index contributed by atoms with van der Waals surface area (Å²) in [5.74, 6) is -0.153. The number of amides is 2. The Morgan fingerprint density at radius 2 is 1.78 bits per heavy atom. The van der Waals surface area contributed by atoms with Crippen LogP contribution in [0.5, 0.6) is 0 Å². The zero-order valence-corrected chi connectivity index (χ0v) is 13.9. The van der Waals surface area contributed by atoms with Crippen molar-refractivity contribution < 1.29 is 18.4 Å². The Balaban J connectivity index is 1.88. The van der Waals surface area contributed by atoms with Crippen LogP contribution in [0, 0.1) is 11.6 Å². The second kappa shape index (κ2) is 8.29. The molecule has 1 fully saturated rings. The summed E-state index contributed by atoms with van der Waals surface area (Å²) < 4.78 is 26.6. The highest BCUT2D eigenvalue weighted by molar-refractivity contribution is 7.99. The normalized spacial score (nSPS) is 14.9. The maximum Gasteiger partial charge on any atom is 0.256 e. The lowest BCUT2D eigenvalue weighted by atomic mass is 10.1. The number of thioether (sulfide) groups is 1. The van der Waals surface area contributed by atoms with E-state index < -0.39 is 17.5 Å². The molecule has 0 spiro atoms. The average Bonchev–Trinajstić information content (AvgIpc) is 2.54. The minimum atomic E-state index is -0.856. The molecule has 0 saturated carbocycles. The summed E-state index contributed by atoms with van der Waals surface area (Å²) in [6.45, 7) is 3.67. The number of carbonyl (C=O) groups is 2. The second-order valence-electron chi connectivity index (χ2n) is 5.24. The molecule has 1 aliphatic heterocycles. The van der Waals surface area contributed by atoms with Gasteiger partial charge >= 0.3 is 0 Å². The highest BCUT2D eigenvalue weighted by Crippen LogP contribution is 2.14.